The first-order valence-corrected chi connectivity index (χ1v) is 10.3. The van der Waals surface area contributed by atoms with Crippen LogP contribution in [-0.2, 0) is 19.1 Å². The van der Waals surface area contributed by atoms with Crippen LogP contribution in [0.3, 0.4) is 0 Å². The molecule has 0 radical (unpaired) electrons. The summed E-state index contributed by atoms with van der Waals surface area (Å²) in [5, 5.41) is 2.59. The van der Waals surface area contributed by atoms with E-state index in [0.717, 1.165) is 0 Å². The normalized spacial score (nSPS) is 19.7. The number of likely N-dealkylation sites (tertiary alicyclic amines) is 1. The third-order valence-corrected chi connectivity index (χ3v) is 5.32. The quantitative estimate of drug-likeness (QED) is 0.486. The van der Waals surface area contributed by atoms with Crippen LogP contribution >= 0.6 is 15.9 Å². The topological polar surface area (TPSA) is 107 Å². The summed E-state index contributed by atoms with van der Waals surface area (Å²) in [7, 11) is 2.52. The van der Waals surface area contributed by atoms with Crippen molar-refractivity contribution >= 4 is 33.9 Å². The van der Waals surface area contributed by atoms with Crippen LogP contribution in [0.4, 0.5) is 4.79 Å². The predicted octanol–water partition coefficient (Wildman–Crippen LogP) is 2.38. The van der Waals surface area contributed by atoms with E-state index in [1.54, 1.807) is 18.3 Å². The Morgan fingerprint density at radius 2 is 2.00 bits per heavy atom. The second-order valence-electron chi connectivity index (χ2n) is 8.19. The molecule has 1 aromatic rings. The highest BCUT2D eigenvalue weighted by atomic mass is 79.9. The highest BCUT2D eigenvalue weighted by Gasteiger charge is 2.45. The third kappa shape index (κ3) is 6.07. The molecule has 1 saturated heterocycles. The molecule has 2 heterocycles. The fourth-order valence-corrected chi connectivity index (χ4v) is 3.67. The Labute approximate surface area is 184 Å². The number of esters is 1. The molecule has 2 amide bonds. The maximum atomic E-state index is 13.3. The second-order valence-corrected chi connectivity index (χ2v) is 9.00. The minimum atomic E-state index is -0.868. The first kappa shape index (κ1) is 23.9. The van der Waals surface area contributed by atoms with Crippen molar-refractivity contribution in [1.29, 1.82) is 0 Å². The van der Waals surface area contributed by atoms with Gasteiger partial charge in [0.05, 0.1) is 20.8 Å². The fraction of sp³-hybridized carbons (Fsp3) is 0.600. The Hall–Kier alpha value is -2.36. The number of nitrogens with one attached hydrogen (secondary N) is 1. The van der Waals surface area contributed by atoms with Crippen molar-refractivity contribution in [3.8, 4) is 5.75 Å². The highest BCUT2D eigenvalue weighted by Crippen LogP contribution is 2.30. The number of hydrogen-bond acceptors (Lipinski definition) is 7. The molecule has 0 bridgehead atoms. The van der Waals surface area contributed by atoms with Crippen molar-refractivity contribution in [3.63, 3.8) is 0 Å². The SMILES string of the molecule is COC(=O)N[C@H](C(=O)N1C[C@H](COc2ccnc(Br)c2)C[C@H]1C(=O)OC)C(C)(C)C. The van der Waals surface area contributed by atoms with Gasteiger partial charge in [-0.05, 0) is 33.8 Å². The lowest BCUT2D eigenvalue weighted by atomic mass is 9.85. The summed E-state index contributed by atoms with van der Waals surface area (Å²) in [6.45, 7) is 6.11. The number of rotatable bonds is 6. The summed E-state index contributed by atoms with van der Waals surface area (Å²) in [4.78, 5) is 43.0. The van der Waals surface area contributed by atoms with Gasteiger partial charge in [0.15, 0.2) is 0 Å². The number of carbonyl (C=O) groups excluding carboxylic acids is 3. The van der Waals surface area contributed by atoms with Gasteiger partial charge < -0.3 is 24.4 Å². The van der Waals surface area contributed by atoms with Crippen LogP contribution < -0.4 is 10.1 Å². The molecule has 3 atom stereocenters. The van der Waals surface area contributed by atoms with E-state index in [1.807, 2.05) is 20.8 Å². The number of methoxy groups -OCH3 is 2. The van der Waals surface area contributed by atoms with E-state index in [-0.39, 0.29) is 11.8 Å². The van der Waals surface area contributed by atoms with E-state index in [2.05, 4.69) is 31.0 Å². The summed E-state index contributed by atoms with van der Waals surface area (Å²) in [5.74, 6) is -0.305. The molecule has 1 N–H and O–H groups in total. The summed E-state index contributed by atoms with van der Waals surface area (Å²) >= 11 is 3.29. The first-order chi connectivity index (χ1) is 14.1. The lowest BCUT2D eigenvalue weighted by Gasteiger charge is -2.34. The lowest BCUT2D eigenvalue weighted by molar-refractivity contribution is -0.152. The number of nitrogens with zero attached hydrogens (tertiary/aromatic N) is 2. The van der Waals surface area contributed by atoms with Gasteiger partial charge in [-0.3, -0.25) is 4.79 Å². The van der Waals surface area contributed by atoms with Crippen LogP contribution in [-0.4, -0.2) is 67.3 Å². The molecule has 1 fully saturated rings. The van der Waals surface area contributed by atoms with Crippen LogP contribution in [0.5, 0.6) is 5.75 Å². The number of alkyl carbamates (subject to hydrolysis) is 1. The van der Waals surface area contributed by atoms with Crippen molar-refractivity contribution in [1.82, 2.24) is 15.2 Å². The van der Waals surface area contributed by atoms with Gasteiger partial charge in [-0.15, -0.1) is 0 Å². The molecular weight excluding hydrogens is 458 g/mol. The fourth-order valence-electron chi connectivity index (χ4n) is 3.33. The number of ether oxygens (including phenoxy) is 3. The smallest absolute Gasteiger partial charge is 0.407 e. The number of carbonyl (C=O) groups is 3. The Morgan fingerprint density at radius 3 is 2.57 bits per heavy atom. The standard InChI is InChI=1S/C20H28BrN3O6/c1-20(2,3)16(23-19(27)29-5)17(25)24-10-12(8-14(24)18(26)28-4)11-30-13-6-7-22-15(21)9-13/h6-7,9,12,14,16H,8,10-11H2,1-5H3,(H,23,27)/t12-,14+,16-/m1/s1. The molecule has 9 nitrogen and oxygen atoms in total. The van der Waals surface area contributed by atoms with Crippen molar-refractivity contribution in [2.45, 2.75) is 39.3 Å². The van der Waals surface area contributed by atoms with Gasteiger partial charge in [-0.1, -0.05) is 20.8 Å². The van der Waals surface area contributed by atoms with E-state index in [1.165, 1.54) is 19.1 Å². The maximum Gasteiger partial charge on any atom is 0.407 e. The van der Waals surface area contributed by atoms with Gasteiger partial charge in [-0.25, -0.2) is 14.6 Å². The van der Waals surface area contributed by atoms with Crippen LogP contribution in [0.15, 0.2) is 22.9 Å². The van der Waals surface area contributed by atoms with Gasteiger partial charge in [-0.2, -0.15) is 0 Å². The molecule has 166 valence electrons. The number of hydrogen-bond donors (Lipinski definition) is 1. The number of pyridine rings is 1. The Kier molecular flexibility index (Phi) is 8.05. The van der Waals surface area contributed by atoms with Crippen LogP contribution in [0.2, 0.25) is 0 Å². The van der Waals surface area contributed by atoms with Crippen molar-refractivity contribution in [2.75, 3.05) is 27.4 Å². The van der Waals surface area contributed by atoms with Crippen molar-refractivity contribution < 1.29 is 28.6 Å². The molecule has 0 unspecified atom stereocenters. The molecule has 0 aromatic carbocycles. The summed E-state index contributed by atoms with van der Waals surface area (Å²) < 4.78 is 16.0. The first-order valence-electron chi connectivity index (χ1n) is 9.54. The van der Waals surface area contributed by atoms with Crippen LogP contribution in [0.25, 0.3) is 0 Å². The van der Waals surface area contributed by atoms with Crippen LogP contribution in [0.1, 0.15) is 27.2 Å². The third-order valence-electron chi connectivity index (χ3n) is 4.89. The average molecular weight is 486 g/mol. The predicted molar refractivity (Wildman–Crippen MR) is 112 cm³/mol. The van der Waals surface area contributed by atoms with Crippen LogP contribution in [0, 0.1) is 11.3 Å². The zero-order valence-electron chi connectivity index (χ0n) is 17.8. The highest BCUT2D eigenvalue weighted by molar-refractivity contribution is 9.10. The molecule has 0 aliphatic carbocycles. The largest absolute Gasteiger partial charge is 0.493 e. The van der Waals surface area contributed by atoms with E-state index < -0.39 is 29.6 Å². The second kappa shape index (κ2) is 10.1. The molecule has 1 aromatic heterocycles. The zero-order chi connectivity index (χ0) is 22.5. The number of aromatic nitrogens is 1. The van der Waals surface area contributed by atoms with E-state index in [4.69, 9.17) is 9.47 Å². The van der Waals surface area contributed by atoms with E-state index >= 15 is 0 Å². The minimum absolute atomic E-state index is 0.0799. The molecule has 0 saturated carbocycles. The Bertz CT molecular complexity index is 782. The molecule has 10 heteroatoms. The molecule has 30 heavy (non-hydrogen) atoms. The van der Waals surface area contributed by atoms with Crippen molar-refractivity contribution in [3.05, 3.63) is 22.9 Å². The summed E-state index contributed by atoms with van der Waals surface area (Å²) in [6.07, 6.45) is 1.31. The van der Waals surface area contributed by atoms with Gasteiger partial charge in [0.1, 0.15) is 22.4 Å². The average Bonchev–Trinajstić information content (AvgIpc) is 3.12. The van der Waals surface area contributed by atoms with E-state index in [0.29, 0.717) is 29.9 Å². The van der Waals surface area contributed by atoms with Gasteiger partial charge in [0, 0.05) is 24.7 Å². The molecule has 1 aliphatic rings. The zero-order valence-corrected chi connectivity index (χ0v) is 19.4. The Morgan fingerprint density at radius 1 is 1.30 bits per heavy atom. The number of halogens is 1. The summed E-state index contributed by atoms with van der Waals surface area (Å²) in [6, 6.07) is 1.86. The summed E-state index contributed by atoms with van der Waals surface area (Å²) in [5.41, 5.74) is -0.593. The lowest BCUT2D eigenvalue weighted by Crippen LogP contribution is -2.56. The van der Waals surface area contributed by atoms with Gasteiger partial charge >= 0.3 is 12.1 Å². The minimum Gasteiger partial charge on any atom is -0.493 e. The monoisotopic (exact) mass is 485 g/mol. The van der Waals surface area contributed by atoms with Gasteiger partial charge in [0.2, 0.25) is 5.91 Å². The molecular formula is C20H28BrN3O6. The van der Waals surface area contributed by atoms with Gasteiger partial charge in [0.25, 0.3) is 0 Å². The maximum absolute atomic E-state index is 13.3. The Balaban J connectivity index is 2.17. The molecule has 0 spiro atoms. The molecule has 1 aliphatic heterocycles. The van der Waals surface area contributed by atoms with E-state index in [9.17, 15) is 14.4 Å². The molecule has 2 rings (SSSR count). The van der Waals surface area contributed by atoms with Crippen molar-refractivity contribution in [2.24, 2.45) is 11.3 Å². The number of amides is 2.